The van der Waals surface area contributed by atoms with Crippen molar-refractivity contribution < 1.29 is 19.4 Å². The molecular weight excluding hydrogens is 394 g/mol. The molecule has 0 bridgehead atoms. The maximum Gasteiger partial charge on any atom is 0.322 e. The van der Waals surface area contributed by atoms with Crippen LogP contribution in [0.15, 0.2) is 42.5 Å². The molecule has 1 heterocycles. The third-order valence-electron chi connectivity index (χ3n) is 4.43. The molecule has 0 saturated carbocycles. The standard InChI is InChI=1S/C21H20ClN3O4/c1-12-4-9-17(16(22)10-12)25-20(14-5-7-15(29-3)8-6-14)13(2)19(24-25)21(28)23-11-18(26)27/h4-10H,11H2,1-3H3,(H,23,28)(H,26,27). The van der Waals surface area contributed by atoms with E-state index in [9.17, 15) is 9.59 Å². The number of benzene rings is 2. The van der Waals surface area contributed by atoms with E-state index in [4.69, 9.17) is 21.4 Å². The fraction of sp³-hybridized carbons (Fsp3) is 0.190. The quantitative estimate of drug-likeness (QED) is 0.643. The Morgan fingerprint density at radius 1 is 1.17 bits per heavy atom. The second-order valence-electron chi connectivity index (χ2n) is 6.49. The highest BCUT2D eigenvalue weighted by Crippen LogP contribution is 2.32. The number of carboxylic acid groups (broad SMARTS) is 1. The first-order valence-corrected chi connectivity index (χ1v) is 9.20. The summed E-state index contributed by atoms with van der Waals surface area (Å²) in [7, 11) is 1.58. The van der Waals surface area contributed by atoms with Gasteiger partial charge in [-0.1, -0.05) is 17.7 Å². The smallest absolute Gasteiger partial charge is 0.322 e. The molecule has 0 atom stereocenters. The Morgan fingerprint density at radius 2 is 1.86 bits per heavy atom. The van der Waals surface area contributed by atoms with Crippen molar-refractivity contribution in [2.75, 3.05) is 13.7 Å². The van der Waals surface area contributed by atoms with Crippen LogP contribution in [0.25, 0.3) is 16.9 Å². The van der Waals surface area contributed by atoms with Gasteiger partial charge in [0.25, 0.3) is 5.91 Å². The normalized spacial score (nSPS) is 10.6. The van der Waals surface area contributed by atoms with Gasteiger partial charge in [-0.15, -0.1) is 0 Å². The average molecular weight is 414 g/mol. The summed E-state index contributed by atoms with van der Waals surface area (Å²) in [5.41, 5.74) is 3.84. The Balaban J connectivity index is 2.17. The molecule has 0 spiro atoms. The second-order valence-corrected chi connectivity index (χ2v) is 6.90. The molecule has 0 unspecified atom stereocenters. The van der Waals surface area contributed by atoms with Crippen LogP contribution in [0.5, 0.6) is 5.75 Å². The van der Waals surface area contributed by atoms with Crippen LogP contribution in [-0.4, -0.2) is 40.4 Å². The van der Waals surface area contributed by atoms with Gasteiger partial charge in [-0.05, 0) is 55.8 Å². The molecule has 2 aromatic carbocycles. The number of carbonyl (C=O) groups excluding carboxylic acids is 1. The minimum atomic E-state index is -1.13. The van der Waals surface area contributed by atoms with Gasteiger partial charge in [-0.3, -0.25) is 9.59 Å². The Hall–Kier alpha value is -3.32. The van der Waals surface area contributed by atoms with Crippen LogP contribution in [-0.2, 0) is 4.79 Å². The number of ether oxygens (including phenoxy) is 1. The van der Waals surface area contributed by atoms with Crippen LogP contribution in [0.3, 0.4) is 0 Å². The molecule has 7 nitrogen and oxygen atoms in total. The Bertz CT molecular complexity index is 1070. The highest BCUT2D eigenvalue weighted by atomic mass is 35.5. The first kappa shape index (κ1) is 20.4. The topological polar surface area (TPSA) is 93.4 Å². The lowest BCUT2D eigenvalue weighted by Gasteiger charge is -2.11. The van der Waals surface area contributed by atoms with Crippen LogP contribution in [0.4, 0.5) is 0 Å². The number of carbonyl (C=O) groups is 2. The van der Waals surface area contributed by atoms with Crippen LogP contribution >= 0.6 is 11.6 Å². The highest BCUT2D eigenvalue weighted by molar-refractivity contribution is 6.32. The van der Waals surface area contributed by atoms with E-state index in [-0.39, 0.29) is 5.69 Å². The van der Waals surface area contributed by atoms with E-state index in [1.165, 1.54) is 0 Å². The molecule has 0 radical (unpaired) electrons. The molecule has 0 fully saturated rings. The maximum atomic E-state index is 12.5. The van der Waals surface area contributed by atoms with Crippen LogP contribution in [0.2, 0.25) is 5.02 Å². The predicted octanol–water partition coefficient (Wildman–Crippen LogP) is 3.63. The summed E-state index contributed by atoms with van der Waals surface area (Å²) < 4.78 is 6.82. The number of aliphatic carboxylic acids is 1. The van der Waals surface area contributed by atoms with Crippen LogP contribution < -0.4 is 10.1 Å². The highest BCUT2D eigenvalue weighted by Gasteiger charge is 2.23. The van der Waals surface area contributed by atoms with Crippen LogP contribution in [0, 0.1) is 13.8 Å². The fourth-order valence-corrected chi connectivity index (χ4v) is 3.31. The third kappa shape index (κ3) is 4.25. The summed E-state index contributed by atoms with van der Waals surface area (Å²) in [4.78, 5) is 23.3. The fourth-order valence-electron chi connectivity index (χ4n) is 3.00. The van der Waals surface area contributed by atoms with Crippen molar-refractivity contribution in [2.45, 2.75) is 13.8 Å². The lowest BCUT2D eigenvalue weighted by Crippen LogP contribution is -2.30. The van der Waals surface area contributed by atoms with Gasteiger partial charge in [-0.2, -0.15) is 5.10 Å². The number of rotatable bonds is 6. The molecule has 29 heavy (non-hydrogen) atoms. The Kier molecular flexibility index (Phi) is 5.89. The molecule has 150 valence electrons. The zero-order valence-electron chi connectivity index (χ0n) is 16.2. The van der Waals surface area contributed by atoms with E-state index in [0.29, 0.717) is 27.7 Å². The number of aryl methyl sites for hydroxylation is 1. The van der Waals surface area contributed by atoms with E-state index >= 15 is 0 Å². The van der Waals surface area contributed by atoms with Gasteiger partial charge in [-0.25, -0.2) is 4.68 Å². The van der Waals surface area contributed by atoms with Gasteiger partial charge in [0.15, 0.2) is 5.69 Å². The van der Waals surface area contributed by atoms with Gasteiger partial charge in [0.1, 0.15) is 12.3 Å². The zero-order chi connectivity index (χ0) is 21.1. The van der Waals surface area contributed by atoms with Gasteiger partial charge in [0.2, 0.25) is 0 Å². The number of nitrogens with zero attached hydrogens (tertiary/aromatic N) is 2. The summed E-state index contributed by atoms with van der Waals surface area (Å²) in [5.74, 6) is -1.00. The van der Waals surface area contributed by atoms with E-state index < -0.39 is 18.4 Å². The molecule has 0 saturated heterocycles. The minimum absolute atomic E-state index is 0.133. The number of aromatic nitrogens is 2. The Morgan fingerprint density at radius 3 is 2.45 bits per heavy atom. The summed E-state index contributed by atoms with van der Waals surface area (Å²) in [5, 5.41) is 16.1. The molecule has 3 aromatic rings. The molecule has 2 N–H and O–H groups in total. The van der Waals surface area contributed by atoms with E-state index in [2.05, 4.69) is 10.4 Å². The molecule has 1 aromatic heterocycles. The molecule has 3 rings (SSSR count). The number of carboxylic acids is 1. The van der Waals surface area contributed by atoms with Crippen LogP contribution in [0.1, 0.15) is 21.6 Å². The van der Waals surface area contributed by atoms with E-state index in [1.807, 2.05) is 49.4 Å². The number of hydrogen-bond acceptors (Lipinski definition) is 4. The van der Waals surface area contributed by atoms with Crippen molar-refractivity contribution in [1.29, 1.82) is 0 Å². The van der Waals surface area contributed by atoms with Crippen molar-refractivity contribution in [1.82, 2.24) is 15.1 Å². The van der Waals surface area contributed by atoms with Gasteiger partial charge in [0.05, 0.1) is 23.5 Å². The molecule has 0 aliphatic rings. The number of nitrogens with one attached hydrogen (secondary N) is 1. The molecule has 0 aliphatic carbocycles. The Labute approximate surface area is 172 Å². The first-order valence-electron chi connectivity index (χ1n) is 8.82. The zero-order valence-corrected chi connectivity index (χ0v) is 16.9. The molecule has 1 amide bonds. The van der Waals surface area contributed by atoms with Crippen molar-refractivity contribution in [3.63, 3.8) is 0 Å². The van der Waals surface area contributed by atoms with Crippen molar-refractivity contribution in [3.8, 4) is 22.7 Å². The predicted molar refractivity (Wildman–Crippen MR) is 110 cm³/mol. The number of halogens is 1. The number of hydrogen-bond donors (Lipinski definition) is 2. The van der Waals surface area contributed by atoms with Gasteiger partial charge >= 0.3 is 5.97 Å². The first-order chi connectivity index (χ1) is 13.8. The summed E-state index contributed by atoms with van der Waals surface area (Å²) in [6.07, 6.45) is 0. The number of amides is 1. The maximum absolute atomic E-state index is 12.5. The van der Waals surface area contributed by atoms with E-state index in [1.54, 1.807) is 18.7 Å². The van der Waals surface area contributed by atoms with Crippen molar-refractivity contribution in [2.24, 2.45) is 0 Å². The molecular formula is C21H20ClN3O4. The summed E-state index contributed by atoms with van der Waals surface area (Å²) >= 11 is 6.46. The minimum Gasteiger partial charge on any atom is -0.497 e. The largest absolute Gasteiger partial charge is 0.497 e. The monoisotopic (exact) mass is 413 g/mol. The average Bonchev–Trinajstić information content (AvgIpc) is 3.03. The SMILES string of the molecule is COc1ccc(-c2c(C)c(C(=O)NCC(=O)O)nn2-c2ccc(C)cc2Cl)cc1. The van der Waals surface area contributed by atoms with Crippen molar-refractivity contribution in [3.05, 3.63) is 64.3 Å². The molecule has 8 heteroatoms. The lowest BCUT2D eigenvalue weighted by atomic mass is 10.1. The summed E-state index contributed by atoms with van der Waals surface area (Å²) in [6.45, 7) is 3.20. The molecule has 0 aliphatic heterocycles. The van der Waals surface area contributed by atoms with Gasteiger partial charge < -0.3 is 15.2 Å². The van der Waals surface area contributed by atoms with Gasteiger partial charge in [0, 0.05) is 11.1 Å². The third-order valence-corrected chi connectivity index (χ3v) is 4.74. The van der Waals surface area contributed by atoms with Crippen molar-refractivity contribution >= 4 is 23.5 Å². The lowest BCUT2D eigenvalue weighted by molar-refractivity contribution is -0.135. The number of methoxy groups -OCH3 is 1. The summed E-state index contributed by atoms with van der Waals surface area (Å²) in [6, 6.07) is 12.9. The van der Waals surface area contributed by atoms with E-state index in [0.717, 1.165) is 11.1 Å². The second kappa shape index (κ2) is 8.36.